The van der Waals surface area contributed by atoms with Gasteiger partial charge in [-0.2, -0.15) is 0 Å². The summed E-state index contributed by atoms with van der Waals surface area (Å²) in [4.78, 5) is 8.78. The summed E-state index contributed by atoms with van der Waals surface area (Å²) in [6, 6.07) is 7.73. The molecule has 0 fully saturated rings. The molecule has 2 N–H and O–H groups in total. The number of fused-ring (bicyclic) bond motifs is 1. The molecule has 21 heavy (non-hydrogen) atoms. The molecule has 0 saturated carbocycles. The molecule has 2 aromatic heterocycles. The van der Waals surface area contributed by atoms with Crippen LogP contribution in [0.5, 0.6) is 5.75 Å². The van der Waals surface area contributed by atoms with Crippen LogP contribution in [-0.4, -0.2) is 21.1 Å². The zero-order valence-corrected chi connectivity index (χ0v) is 12.2. The number of ether oxygens (including phenoxy) is 1. The van der Waals surface area contributed by atoms with Crippen LogP contribution in [0.3, 0.4) is 0 Å². The van der Waals surface area contributed by atoms with E-state index in [2.05, 4.69) is 9.97 Å². The summed E-state index contributed by atoms with van der Waals surface area (Å²) < 4.78 is 7.75. The fraction of sp³-hybridized carbons (Fsp3) is 0.250. The van der Waals surface area contributed by atoms with Gasteiger partial charge < -0.3 is 15.0 Å². The summed E-state index contributed by atoms with van der Waals surface area (Å²) in [5.41, 5.74) is 10.5. The van der Waals surface area contributed by atoms with Crippen molar-refractivity contribution < 1.29 is 4.74 Å². The first-order valence-electron chi connectivity index (χ1n) is 6.90. The van der Waals surface area contributed by atoms with Gasteiger partial charge in [-0.15, -0.1) is 0 Å². The van der Waals surface area contributed by atoms with Crippen LogP contribution in [0.4, 0.5) is 5.69 Å². The number of hydrogen-bond acceptors (Lipinski definition) is 4. The molecule has 0 amide bonds. The van der Waals surface area contributed by atoms with Crippen molar-refractivity contribution in [1.82, 2.24) is 14.5 Å². The highest BCUT2D eigenvalue weighted by Crippen LogP contribution is 2.18. The lowest BCUT2D eigenvalue weighted by Gasteiger charge is -2.09. The topological polar surface area (TPSA) is 66.0 Å². The standard InChI is InChI=1S/C16H18N4O/c1-11-7-15-16(18-9-11)20(10-19-15)5-6-21-13-3-4-14(17)12(2)8-13/h3-4,7-10H,5-6,17H2,1-2H3. The molecule has 0 aliphatic heterocycles. The molecule has 0 aliphatic rings. The van der Waals surface area contributed by atoms with Gasteiger partial charge in [-0.3, -0.25) is 0 Å². The van der Waals surface area contributed by atoms with Crippen LogP contribution < -0.4 is 10.5 Å². The van der Waals surface area contributed by atoms with Gasteiger partial charge in [-0.05, 0) is 49.2 Å². The second kappa shape index (κ2) is 5.44. The van der Waals surface area contributed by atoms with Crippen LogP contribution in [-0.2, 0) is 6.54 Å². The first kappa shape index (κ1) is 13.4. The van der Waals surface area contributed by atoms with Gasteiger partial charge >= 0.3 is 0 Å². The lowest BCUT2D eigenvalue weighted by molar-refractivity contribution is 0.299. The van der Waals surface area contributed by atoms with Crippen LogP contribution in [0, 0.1) is 13.8 Å². The van der Waals surface area contributed by atoms with E-state index in [-0.39, 0.29) is 0 Å². The quantitative estimate of drug-likeness (QED) is 0.747. The normalized spacial score (nSPS) is 11.0. The Balaban J connectivity index is 1.68. The average Bonchev–Trinajstić information content (AvgIpc) is 2.85. The molecule has 1 aromatic carbocycles. The third-order valence-corrected chi connectivity index (χ3v) is 3.43. The molecule has 2 heterocycles. The molecule has 0 atom stereocenters. The first-order valence-corrected chi connectivity index (χ1v) is 6.90. The zero-order valence-electron chi connectivity index (χ0n) is 12.2. The van der Waals surface area contributed by atoms with E-state index in [0.29, 0.717) is 13.2 Å². The maximum absolute atomic E-state index is 5.79. The van der Waals surface area contributed by atoms with Gasteiger partial charge in [0.05, 0.1) is 12.9 Å². The molecule has 0 spiro atoms. The molecule has 108 valence electrons. The fourth-order valence-electron chi connectivity index (χ4n) is 2.21. The second-order valence-electron chi connectivity index (χ2n) is 5.16. The highest BCUT2D eigenvalue weighted by atomic mass is 16.5. The summed E-state index contributed by atoms with van der Waals surface area (Å²) in [5.74, 6) is 0.829. The fourth-order valence-corrected chi connectivity index (χ4v) is 2.21. The minimum absolute atomic E-state index is 0.560. The lowest BCUT2D eigenvalue weighted by Crippen LogP contribution is -2.08. The van der Waals surface area contributed by atoms with Gasteiger partial charge in [0.1, 0.15) is 17.9 Å². The van der Waals surface area contributed by atoms with Crippen molar-refractivity contribution >= 4 is 16.9 Å². The maximum Gasteiger partial charge on any atom is 0.159 e. The smallest absolute Gasteiger partial charge is 0.159 e. The van der Waals surface area contributed by atoms with Crippen LogP contribution in [0.1, 0.15) is 11.1 Å². The molecule has 5 heteroatoms. The Kier molecular flexibility index (Phi) is 3.48. The summed E-state index contributed by atoms with van der Waals surface area (Å²) in [6.07, 6.45) is 3.65. The van der Waals surface area contributed by atoms with E-state index >= 15 is 0 Å². The van der Waals surface area contributed by atoms with Crippen LogP contribution in [0.15, 0.2) is 36.8 Å². The Bertz CT molecular complexity index is 779. The number of nitrogens with zero attached hydrogens (tertiary/aromatic N) is 3. The van der Waals surface area contributed by atoms with Crippen molar-refractivity contribution in [3.8, 4) is 5.75 Å². The number of nitrogens with two attached hydrogens (primary N) is 1. The Labute approximate surface area is 123 Å². The third kappa shape index (κ3) is 2.81. The number of imidazole rings is 1. The third-order valence-electron chi connectivity index (χ3n) is 3.43. The molecule has 3 rings (SSSR count). The number of aromatic nitrogens is 3. The van der Waals surface area contributed by atoms with Crippen molar-refractivity contribution in [2.45, 2.75) is 20.4 Å². The highest BCUT2D eigenvalue weighted by Gasteiger charge is 2.04. The van der Waals surface area contributed by atoms with E-state index in [1.165, 1.54) is 0 Å². The number of nitrogen functional groups attached to an aromatic ring is 1. The van der Waals surface area contributed by atoms with E-state index < -0.39 is 0 Å². The predicted molar refractivity (Wildman–Crippen MR) is 83.4 cm³/mol. The van der Waals surface area contributed by atoms with E-state index in [0.717, 1.165) is 33.7 Å². The van der Waals surface area contributed by atoms with E-state index in [1.807, 2.05) is 48.9 Å². The minimum Gasteiger partial charge on any atom is -0.492 e. The highest BCUT2D eigenvalue weighted by molar-refractivity contribution is 5.71. The number of rotatable bonds is 4. The Morgan fingerprint density at radius 2 is 2.05 bits per heavy atom. The number of hydrogen-bond donors (Lipinski definition) is 1. The van der Waals surface area contributed by atoms with E-state index in [4.69, 9.17) is 10.5 Å². The minimum atomic E-state index is 0.560. The van der Waals surface area contributed by atoms with Gasteiger partial charge in [0.15, 0.2) is 5.65 Å². The SMILES string of the molecule is Cc1cnc2c(c1)ncn2CCOc1ccc(N)c(C)c1. The summed E-state index contributed by atoms with van der Waals surface area (Å²) >= 11 is 0. The molecule has 5 nitrogen and oxygen atoms in total. The van der Waals surface area contributed by atoms with Crippen molar-refractivity contribution in [3.05, 3.63) is 47.9 Å². The van der Waals surface area contributed by atoms with Crippen molar-refractivity contribution in [3.63, 3.8) is 0 Å². The first-order chi connectivity index (χ1) is 10.1. The van der Waals surface area contributed by atoms with E-state index in [1.54, 1.807) is 6.33 Å². The monoisotopic (exact) mass is 282 g/mol. The number of benzene rings is 1. The zero-order chi connectivity index (χ0) is 14.8. The summed E-state index contributed by atoms with van der Waals surface area (Å²) in [7, 11) is 0. The van der Waals surface area contributed by atoms with Crippen molar-refractivity contribution in [2.75, 3.05) is 12.3 Å². The number of anilines is 1. The van der Waals surface area contributed by atoms with Gasteiger partial charge in [-0.1, -0.05) is 0 Å². The van der Waals surface area contributed by atoms with Crippen LogP contribution >= 0.6 is 0 Å². The molecule has 0 radical (unpaired) electrons. The van der Waals surface area contributed by atoms with Gasteiger partial charge in [0, 0.05) is 11.9 Å². The van der Waals surface area contributed by atoms with Gasteiger partial charge in [0.2, 0.25) is 0 Å². The predicted octanol–water partition coefficient (Wildman–Crippen LogP) is 2.71. The maximum atomic E-state index is 5.79. The molecule has 3 aromatic rings. The van der Waals surface area contributed by atoms with Gasteiger partial charge in [0.25, 0.3) is 0 Å². The summed E-state index contributed by atoms with van der Waals surface area (Å²) in [5, 5.41) is 0. The van der Waals surface area contributed by atoms with Crippen LogP contribution in [0.2, 0.25) is 0 Å². The number of pyridine rings is 1. The molecule has 0 bridgehead atoms. The molecule has 0 unspecified atom stereocenters. The van der Waals surface area contributed by atoms with Crippen LogP contribution in [0.25, 0.3) is 11.2 Å². The molecule has 0 saturated heterocycles. The summed E-state index contributed by atoms with van der Waals surface area (Å²) in [6.45, 7) is 5.25. The Morgan fingerprint density at radius 3 is 2.86 bits per heavy atom. The lowest BCUT2D eigenvalue weighted by atomic mass is 10.2. The second-order valence-corrected chi connectivity index (χ2v) is 5.16. The van der Waals surface area contributed by atoms with Crippen molar-refractivity contribution in [2.24, 2.45) is 0 Å². The largest absolute Gasteiger partial charge is 0.492 e. The molecular formula is C16H18N4O. The van der Waals surface area contributed by atoms with E-state index in [9.17, 15) is 0 Å². The Hall–Kier alpha value is -2.56. The Morgan fingerprint density at radius 1 is 1.19 bits per heavy atom. The molecule has 0 aliphatic carbocycles. The number of aryl methyl sites for hydroxylation is 2. The van der Waals surface area contributed by atoms with Gasteiger partial charge in [-0.25, -0.2) is 9.97 Å². The van der Waals surface area contributed by atoms with Crippen molar-refractivity contribution in [1.29, 1.82) is 0 Å². The average molecular weight is 282 g/mol. The molecular weight excluding hydrogens is 264 g/mol.